The number of anilines is 2. The summed E-state index contributed by atoms with van der Waals surface area (Å²) < 4.78 is 15.1. The second-order valence-corrected chi connectivity index (χ2v) is 7.37. The smallest absolute Gasteiger partial charge is 0.229 e. The van der Waals surface area contributed by atoms with E-state index in [-0.39, 0.29) is 17.6 Å². The number of rotatable bonds is 4. The lowest BCUT2D eigenvalue weighted by molar-refractivity contribution is -0.120. The van der Waals surface area contributed by atoms with E-state index >= 15 is 0 Å². The number of nitrogens with one attached hydrogen (secondary N) is 1. The zero-order chi connectivity index (χ0) is 20.4. The van der Waals surface area contributed by atoms with E-state index in [0.717, 1.165) is 36.6 Å². The van der Waals surface area contributed by atoms with Crippen LogP contribution in [0.25, 0.3) is 5.82 Å². The van der Waals surface area contributed by atoms with E-state index in [0.29, 0.717) is 18.1 Å². The molecule has 29 heavy (non-hydrogen) atoms. The molecule has 1 aliphatic heterocycles. The summed E-state index contributed by atoms with van der Waals surface area (Å²) in [7, 11) is 0. The van der Waals surface area contributed by atoms with Gasteiger partial charge in [-0.3, -0.25) is 4.79 Å². The van der Waals surface area contributed by atoms with Gasteiger partial charge in [0.25, 0.3) is 0 Å². The molecule has 0 spiro atoms. The van der Waals surface area contributed by atoms with Crippen molar-refractivity contribution in [3.63, 3.8) is 0 Å². The van der Waals surface area contributed by atoms with Crippen LogP contribution >= 0.6 is 0 Å². The standard InChI is InChI=1S/C21H23FN6O/c1-14-11-15(2)28(26-14)20-9-8-19(24-25-20)27-10-4-5-16(13-27)21(29)23-18-7-3-6-17(22)12-18/h3,6-9,11-12,16H,4-5,10,13H2,1-2H3,(H,23,29). The number of nitrogens with zero attached hydrogens (tertiary/aromatic N) is 5. The zero-order valence-electron chi connectivity index (χ0n) is 16.5. The number of hydrogen-bond donors (Lipinski definition) is 1. The molecule has 4 rings (SSSR count). The van der Waals surface area contributed by atoms with Crippen molar-refractivity contribution in [1.29, 1.82) is 0 Å². The van der Waals surface area contributed by atoms with Crippen molar-refractivity contribution < 1.29 is 9.18 Å². The lowest BCUT2D eigenvalue weighted by Crippen LogP contribution is -2.41. The molecule has 3 heterocycles. The van der Waals surface area contributed by atoms with Crippen LogP contribution in [0.4, 0.5) is 15.9 Å². The van der Waals surface area contributed by atoms with Gasteiger partial charge in [0.05, 0.1) is 11.6 Å². The van der Waals surface area contributed by atoms with Gasteiger partial charge in [0.2, 0.25) is 5.91 Å². The fourth-order valence-electron chi connectivity index (χ4n) is 3.67. The van der Waals surface area contributed by atoms with Crippen molar-refractivity contribution in [2.24, 2.45) is 5.92 Å². The highest BCUT2D eigenvalue weighted by Crippen LogP contribution is 2.23. The molecule has 1 atom stereocenters. The van der Waals surface area contributed by atoms with Crippen molar-refractivity contribution in [2.45, 2.75) is 26.7 Å². The predicted octanol–water partition coefficient (Wildman–Crippen LogP) is 3.27. The summed E-state index contributed by atoms with van der Waals surface area (Å²) in [4.78, 5) is 14.7. The first kappa shape index (κ1) is 19.0. The van der Waals surface area contributed by atoms with E-state index in [4.69, 9.17) is 0 Å². The molecule has 1 N–H and O–H groups in total. The third kappa shape index (κ3) is 4.26. The van der Waals surface area contributed by atoms with Crippen molar-refractivity contribution in [3.05, 3.63) is 59.7 Å². The Labute approximate surface area is 168 Å². The number of hydrogen-bond acceptors (Lipinski definition) is 5. The molecule has 1 aromatic carbocycles. The van der Waals surface area contributed by atoms with E-state index < -0.39 is 0 Å². The fourth-order valence-corrected chi connectivity index (χ4v) is 3.67. The van der Waals surface area contributed by atoms with E-state index in [1.807, 2.05) is 32.0 Å². The number of carbonyl (C=O) groups is 1. The van der Waals surface area contributed by atoms with Crippen molar-refractivity contribution in [2.75, 3.05) is 23.3 Å². The second kappa shape index (κ2) is 7.98. The van der Waals surface area contributed by atoms with Crippen molar-refractivity contribution in [3.8, 4) is 5.82 Å². The minimum absolute atomic E-state index is 0.104. The molecule has 0 saturated carbocycles. The van der Waals surface area contributed by atoms with Crippen LogP contribution < -0.4 is 10.2 Å². The third-order valence-electron chi connectivity index (χ3n) is 5.07. The van der Waals surface area contributed by atoms with Crippen molar-refractivity contribution in [1.82, 2.24) is 20.0 Å². The topological polar surface area (TPSA) is 75.9 Å². The quantitative estimate of drug-likeness (QED) is 0.735. The Bertz CT molecular complexity index is 1020. The van der Waals surface area contributed by atoms with Gasteiger partial charge in [0, 0.05) is 24.5 Å². The van der Waals surface area contributed by atoms with Crippen molar-refractivity contribution >= 4 is 17.4 Å². The Balaban J connectivity index is 1.44. The lowest BCUT2D eigenvalue weighted by atomic mass is 9.97. The van der Waals surface area contributed by atoms with Gasteiger partial charge in [-0.1, -0.05) is 6.07 Å². The highest BCUT2D eigenvalue weighted by atomic mass is 19.1. The zero-order valence-corrected chi connectivity index (χ0v) is 16.5. The second-order valence-electron chi connectivity index (χ2n) is 7.37. The van der Waals surface area contributed by atoms with Gasteiger partial charge in [0.1, 0.15) is 5.82 Å². The Morgan fingerprint density at radius 2 is 1.93 bits per heavy atom. The molecule has 0 radical (unpaired) electrons. The first-order chi connectivity index (χ1) is 14.0. The molecule has 2 aromatic heterocycles. The monoisotopic (exact) mass is 394 g/mol. The van der Waals surface area contributed by atoms with E-state index in [1.165, 1.54) is 12.1 Å². The Morgan fingerprint density at radius 3 is 2.62 bits per heavy atom. The predicted molar refractivity (Wildman–Crippen MR) is 109 cm³/mol. The number of amides is 1. The third-order valence-corrected chi connectivity index (χ3v) is 5.07. The Morgan fingerprint density at radius 1 is 1.14 bits per heavy atom. The number of aromatic nitrogens is 4. The number of aryl methyl sites for hydroxylation is 2. The summed E-state index contributed by atoms with van der Waals surface area (Å²) >= 11 is 0. The summed E-state index contributed by atoms with van der Waals surface area (Å²) in [5, 5.41) is 15.9. The van der Waals surface area contributed by atoms with Gasteiger partial charge in [-0.05, 0) is 63.1 Å². The normalized spacial score (nSPS) is 16.7. The largest absolute Gasteiger partial charge is 0.354 e. The average Bonchev–Trinajstić information content (AvgIpc) is 3.06. The number of benzene rings is 1. The summed E-state index contributed by atoms with van der Waals surface area (Å²) in [6.07, 6.45) is 1.66. The van der Waals surface area contributed by atoms with Crippen LogP contribution in [-0.4, -0.2) is 39.0 Å². The van der Waals surface area contributed by atoms with E-state index in [1.54, 1.807) is 16.8 Å². The molecule has 1 amide bonds. The molecule has 7 nitrogen and oxygen atoms in total. The molecule has 0 aliphatic carbocycles. The maximum atomic E-state index is 13.3. The SMILES string of the molecule is Cc1cc(C)n(-c2ccc(N3CCCC(C(=O)Nc4cccc(F)c4)C3)nn2)n1. The minimum Gasteiger partial charge on any atom is -0.354 e. The molecular formula is C21H23FN6O. The minimum atomic E-state index is -0.369. The van der Waals surface area contributed by atoms with Gasteiger partial charge < -0.3 is 10.2 Å². The molecular weight excluding hydrogens is 371 g/mol. The maximum absolute atomic E-state index is 13.3. The molecule has 150 valence electrons. The summed E-state index contributed by atoms with van der Waals surface area (Å²) in [5.74, 6) is 0.735. The molecule has 8 heteroatoms. The number of piperidine rings is 1. The molecule has 1 aliphatic rings. The van der Waals surface area contributed by atoms with Gasteiger partial charge >= 0.3 is 0 Å². The van der Waals surface area contributed by atoms with Gasteiger partial charge in [-0.2, -0.15) is 5.10 Å². The van der Waals surface area contributed by atoms with Crippen LogP contribution in [0.15, 0.2) is 42.5 Å². The van der Waals surface area contributed by atoms with Crippen LogP contribution in [0.3, 0.4) is 0 Å². The van der Waals surface area contributed by atoms with Crippen LogP contribution in [0, 0.1) is 25.6 Å². The van der Waals surface area contributed by atoms with Gasteiger partial charge in [-0.15, -0.1) is 10.2 Å². The van der Waals surface area contributed by atoms with Gasteiger partial charge in [-0.25, -0.2) is 9.07 Å². The van der Waals surface area contributed by atoms with Crippen LogP contribution in [0.1, 0.15) is 24.2 Å². The van der Waals surface area contributed by atoms with Crippen LogP contribution in [0.2, 0.25) is 0 Å². The molecule has 1 saturated heterocycles. The number of halogens is 1. The molecule has 0 bridgehead atoms. The highest BCUT2D eigenvalue weighted by Gasteiger charge is 2.27. The summed E-state index contributed by atoms with van der Waals surface area (Å²) in [6, 6.07) is 11.7. The summed E-state index contributed by atoms with van der Waals surface area (Å²) in [6.45, 7) is 5.28. The maximum Gasteiger partial charge on any atom is 0.229 e. The first-order valence-electron chi connectivity index (χ1n) is 9.68. The van der Waals surface area contributed by atoms with Crippen LogP contribution in [0.5, 0.6) is 0 Å². The number of carbonyl (C=O) groups excluding carboxylic acids is 1. The lowest BCUT2D eigenvalue weighted by Gasteiger charge is -2.32. The Kier molecular flexibility index (Phi) is 5.24. The molecule has 3 aromatic rings. The molecule has 1 unspecified atom stereocenters. The van der Waals surface area contributed by atoms with Gasteiger partial charge in [0.15, 0.2) is 11.6 Å². The average molecular weight is 394 g/mol. The fraction of sp³-hybridized carbons (Fsp3) is 0.333. The van der Waals surface area contributed by atoms with E-state index in [9.17, 15) is 9.18 Å². The highest BCUT2D eigenvalue weighted by molar-refractivity contribution is 5.93. The van der Waals surface area contributed by atoms with Crippen LogP contribution in [-0.2, 0) is 4.79 Å². The molecule has 1 fully saturated rings. The first-order valence-corrected chi connectivity index (χ1v) is 9.68. The summed E-state index contributed by atoms with van der Waals surface area (Å²) in [5.41, 5.74) is 2.40. The Hall–Kier alpha value is -3.29. The van der Waals surface area contributed by atoms with E-state index in [2.05, 4.69) is 25.5 Å².